The van der Waals surface area contributed by atoms with Gasteiger partial charge in [-0.05, 0) is 68.5 Å². The van der Waals surface area contributed by atoms with Crippen LogP contribution >= 0.6 is 30.6 Å². The van der Waals surface area contributed by atoms with E-state index < -0.39 is 18.4 Å². The predicted octanol–water partition coefficient (Wildman–Crippen LogP) is 7.37. The molecule has 2 aromatic carbocycles. The van der Waals surface area contributed by atoms with Crippen LogP contribution in [0.1, 0.15) is 44.3 Å². The third-order valence-electron chi connectivity index (χ3n) is 5.20. The number of benzene rings is 2. The van der Waals surface area contributed by atoms with Crippen LogP contribution in [0.5, 0.6) is 11.5 Å². The van der Waals surface area contributed by atoms with E-state index in [4.69, 9.17) is 32.5 Å². The number of hydrogen-bond donors (Lipinski definition) is 0. The molecule has 2 saturated carbocycles. The molecule has 6 nitrogen and oxygen atoms in total. The summed E-state index contributed by atoms with van der Waals surface area (Å²) in [5.74, 6) is 0.298. The predicted molar refractivity (Wildman–Crippen MR) is 113 cm³/mol. The number of nitro groups is 1. The van der Waals surface area contributed by atoms with E-state index in [1.165, 1.54) is 12.1 Å². The SMILES string of the molecule is CC(OP(=O)(C1CC1)C1CC1)c1ccc([N+](=O)[O-])c(Oc2ccc(Cl)cc2Cl)c1. The minimum Gasteiger partial charge on any atom is -0.449 e. The van der Waals surface area contributed by atoms with Crippen molar-refractivity contribution in [1.82, 2.24) is 0 Å². The van der Waals surface area contributed by atoms with Crippen LogP contribution in [0.4, 0.5) is 5.69 Å². The second-order valence-electron chi connectivity index (χ2n) is 7.52. The fraction of sp³-hybridized carbons (Fsp3) is 0.400. The maximum atomic E-state index is 13.4. The quantitative estimate of drug-likeness (QED) is 0.235. The normalized spacial score (nSPS) is 17.8. The molecular weight excluding hydrogens is 436 g/mol. The van der Waals surface area contributed by atoms with Crippen molar-refractivity contribution in [2.75, 3.05) is 0 Å². The summed E-state index contributed by atoms with van der Waals surface area (Å²) in [6, 6.07) is 9.18. The number of rotatable bonds is 8. The van der Waals surface area contributed by atoms with Gasteiger partial charge in [-0.25, -0.2) is 0 Å². The molecule has 29 heavy (non-hydrogen) atoms. The first kappa shape index (κ1) is 20.7. The average Bonchev–Trinajstić information content (AvgIpc) is 3.56. The molecule has 0 heterocycles. The second kappa shape index (κ2) is 7.92. The largest absolute Gasteiger partial charge is 0.449 e. The van der Waals surface area contributed by atoms with Crippen LogP contribution in [0.3, 0.4) is 0 Å². The number of nitro benzene ring substituents is 1. The Labute approximate surface area is 178 Å². The lowest BCUT2D eigenvalue weighted by Gasteiger charge is -2.23. The molecule has 0 spiro atoms. The number of halogens is 2. The molecule has 2 aliphatic carbocycles. The summed E-state index contributed by atoms with van der Waals surface area (Å²) in [7, 11) is -2.70. The smallest absolute Gasteiger partial charge is 0.311 e. The van der Waals surface area contributed by atoms with Crippen molar-refractivity contribution >= 4 is 36.3 Å². The first-order valence-electron chi connectivity index (χ1n) is 9.47. The van der Waals surface area contributed by atoms with Crippen LogP contribution in [-0.2, 0) is 9.09 Å². The maximum Gasteiger partial charge on any atom is 0.311 e. The first-order valence-corrected chi connectivity index (χ1v) is 12.0. The standard InChI is InChI=1S/C20H20Cl2NO5P/c1-12(28-29(26,15-4-5-15)16-6-7-16)13-2-8-18(23(24)25)20(10-13)27-19-9-3-14(21)11-17(19)22/h2-3,8-12,15-16H,4-7H2,1H3. The van der Waals surface area contributed by atoms with Gasteiger partial charge in [0.25, 0.3) is 0 Å². The molecule has 1 atom stereocenters. The zero-order valence-electron chi connectivity index (χ0n) is 15.7. The molecule has 2 fully saturated rings. The summed E-state index contributed by atoms with van der Waals surface area (Å²) in [5, 5.41) is 12.1. The molecule has 2 aromatic rings. The molecule has 4 rings (SSSR count). The van der Waals surface area contributed by atoms with Gasteiger partial charge in [0.2, 0.25) is 13.1 Å². The fourth-order valence-corrected chi connectivity index (χ4v) is 7.08. The maximum absolute atomic E-state index is 13.4. The monoisotopic (exact) mass is 455 g/mol. The lowest BCUT2D eigenvalue weighted by Crippen LogP contribution is -2.06. The summed E-state index contributed by atoms with van der Waals surface area (Å²) in [5.41, 5.74) is 0.801. The van der Waals surface area contributed by atoms with Crippen LogP contribution in [0.2, 0.25) is 10.0 Å². The molecule has 154 valence electrons. The molecule has 0 aromatic heterocycles. The molecule has 0 radical (unpaired) electrons. The Morgan fingerprint density at radius 1 is 1.07 bits per heavy atom. The zero-order valence-corrected chi connectivity index (χ0v) is 18.1. The Morgan fingerprint density at radius 3 is 2.28 bits per heavy atom. The summed E-state index contributed by atoms with van der Waals surface area (Å²) < 4.78 is 25.2. The van der Waals surface area contributed by atoms with Crippen molar-refractivity contribution in [2.45, 2.75) is 50.0 Å². The number of hydrogen-bond acceptors (Lipinski definition) is 5. The molecule has 1 unspecified atom stereocenters. The van der Waals surface area contributed by atoms with E-state index in [-0.39, 0.29) is 33.5 Å². The van der Waals surface area contributed by atoms with Crippen molar-refractivity contribution in [3.8, 4) is 11.5 Å². The molecule has 0 amide bonds. The van der Waals surface area contributed by atoms with Crippen molar-refractivity contribution in [1.29, 1.82) is 0 Å². The first-order chi connectivity index (χ1) is 13.8. The highest BCUT2D eigenvalue weighted by atomic mass is 35.5. The van der Waals surface area contributed by atoms with Gasteiger partial charge in [-0.1, -0.05) is 23.2 Å². The third-order valence-corrected chi connectivity index (χ3v) is 9.44. The second-order valence-corrected chi connectivity index (χ2v) is 11.3. The van der Waals surface area contributed by atoms with E-state index >= 15 is 0 Å². The summed E-state index contributed by atoms with van der Waals surface area (Å²) in [6.45, 7) is 1.82. The Morgan fingerprint density at radius 2 is 1.72 bits per heavy atom. The minimum atomic E-state index is -2.70. The molecule has 0 N–H and O–H groups in total. The van der Waals surface area contributed by atoms with E-state index in [1.54, 1.807) is 24.3 Å². The Bertz CT molecular complexity index is 990. The molecule has 0 aliphatic heterocycles. The average molecular weight is 456 g/mol. The van der Waals surface area contributed by atoms with Crippen LogP contribution < -0.4 is 4.74 Å². The van der Waals surface area contributed by atoms with Gasteiger partial charge in [0, 0.05) is 22.4 Å². The number of ether oxygens (including phenoxy) is 1. The van der Waals surface area contributed by atoms with Gasteiger partial charge in [-0.15, -0.1) is 0 Å². The lowest BCUT2D eigenvalue weighted by molar-refractivity contribution is -0.385. The molecule has 9 heteroatoms. The van der Waals surface area contributed by atoms with Gasteiger partial charge in [-0.3, -0.25) is 14.7 Å². The van der Waals surface area contributed by atoms with Crippen molar-refractivity contribution in [3.63, 3.8) is 0 Å². The topological polar surface area (TPSA) is 78.7 Å². The van der Waals surface area contributed by atoms with Gasteiger partial charge >= 0.3 is 5.69 Å². The van der Waals surface area contributed by atoms with Crippen LogP contribution in [-0.4, -0.2) is 16.2 Å². The van der Waals surface area contributed by atoms with Gasteiger partial charge in [0.15, 0.2) is 0 Å². The molecule has 0 bridgehead atoms. The Balaban J connectivity index is 1.62. The summed E-state index contributed by atoms with van der Waals surface area (Å²) in [6.07, 6.45) is 3.33. The number of nitrogens with zero attached hydrogens (tertiary/aromatic N) is 1. The lowest BCUT2D eigenvalue weighted by atomic mass is 10.1. The van der Waals surface area contributed by atoms with Crippen LogP contribution in [0.15, 0.2) is 36.4 Å². The Hall–Kier alpha value is -1.59. The summed E-state index contributed by atoms with van der Waals surface area (Å²) >= 11 is 12.0. The van der Waals surface area contributed by atoms with Gasteiger partial charge in [0.05, 0.1) is 16.0 Å². The fourth-order valence-electron chi connectivity index (χ4n) is 3.34. The molecule has 2 aliphatic rings. The van der Waals surface area contributed by atoms with E-state index in [0.29, 0.717) is 10.6 Å². The van der Waals surface area contributed by atoms with Gasteiger partial charge < -0.3 is 9.26 Å². The minimum absolute atomic E-state index is 0.0415. The summed E-state index contributed by atoms with van der Waals surface area (Å²) in [4.78, 5) is 10.9. The zero-order chi connectivity index (χ0) is 20.8. The van der Waals surface area contributed by atoms with E-state index in [9.17, 15) is 14.7 Å². The van der Waals surface area contributed by atoms with Crippen molar-refractivity contribution < 1.29 is 18.7 Å². The van der Waals surface area contributed by atoms with Crippen molar-refractivity contribution in [2.24, 2.45) is 0 Å². The molecule has 0 saturated heterocycles. The highest BCUT2D eigenvalue weighted by molar-refractivity contribution is 7.61. The van der Waals surface area contributed by atoms with Crippen LogP contribution in [0.25, 0.3) is 0 Å². The highest BCUT2D eigenvalue weighted by Crippen LogP contribution is 2.72. The highest BCUT2D eigenvalue weighted by Gasteiger charge is 2.52. The Kier molecular flexibility index (Phi) is 5.64. The van der Waals surface area contributed by atoms with Gasteiger partial charge in [0.1, 0.15) is 5.75 Å². The van der Waals surface area contributed by atoms with E-state index in [0.717, 1.165) is 25.7 Å². The third kappa shape index (κ3) is 4.46. The van der Waals surface area contributed by atoms with Crippen molar-refractivity contribution in [3.05, 3.63) is 62.1 Å². The van der Waals surface area contributed by atoms with E-state index in [2.05, 4.69) is 0 Å². The van der Waals surface area contributed by atoms with E-state index in [1.807, 2.05) is 6.92 Å². The van der Waals surface area contributed by atoms with Crippen LogP contribution in [0, 0.1) is 10.1 Å². The molecular formula is C20H20Cl2NO5P. The van der Waals surface area contributed by atoms with Gasteiger partial charge in [-0.2, -0.15) is 0 Å².